The van der Waals surface area contributed by atoms with Crippen LogP contribution >= 0.6 is 39.7 Å². The van der Waals surface area contributed by atoms with Crippen molar-refractivity contribution in [2.24, 2.45) is 11.7 Å². The summed E-state index contributed by atoms with van der Waals surface area (Å²) in [5.41, 5.74) is 5.79. The summed E-state index contributed by atoms with van der Waals surface area (Å²) in [6.07, 6.45) is 2.74. The zero-order valence-corrected chi connectivity index (χ0v) is 12.5. The van der Waals surface area contributed by atoms with E-state index in [1.165, 1.54) is 4.88 Å². The number of hydrogen-bond donors (Lipinski definition) is 2. The third-order valence-corrected chi connectivity index (χ3v) is 4.60. The van der Waals surface area contributed by atoms with Crippen molar-refractivity contribution in [3.8, 4) is 0 Å². The molecule has 1 aromatic rings. The Balaban J connectivity index is 0.00000144. The van der Waals surface area contributed by atoms with Gasteiger partial charge < -0.3 is 11.1 Å². The van der Waals surface area contributed by atoms with Crippen molar-refractivity contribution in [2.45, 2.75) is 31.8 Å². The van der Waals surface area contributed by atoms with Crippen LogP contribution in [0.1, 0.15) is 24.1 Å². The highest BCUT2D eigenvalue weighted by atomic mass is 79.9. The Morgan fingerprint density at radius 2 is 2.35 bits per heavy atom. The molecule has 0 spiro atoms. The predicted molar refractivity (Wildman–Crippen MR) is 76.4 cm³/mol. The van der Waals surface area contributed by atoms with Crippen LogP contribution in [0.5, 0.6) is 0 Å². The number of hydrogen-bond acceptors (Lipinski definition) is 3. The first-order valence-electron chi connectivity index (χ1n) is 5.41. The van der Waals surface area contributed by atoms with Gasteiger partial charge in [0.1, 0.15) is 0 Å². The van der Waals surface area contributed by atoms with Crippen molar-refractivity contribution in [1.82, 2.24) is 5.32 Å². The second-order valence-corrected chi connectivity index (χ2v) is 6.13. The van der Waals surface area contributed by atoms with E-state index in [1.807, 2.05) is 11.4 Å². The summed E-state index contributed by atoms with van der Waals surface area (Å²) in [6.45, 7) is 0.626. The van der Waals surface area contributed by atoms with E-state index in [-0.39, 0.29) is 30.3 Å². The van der Waals surface area contributed by atoms with Gasteiger partial charge in [-0.1, -0.05) is 0 Å². The number of nitrogens with two attached hydrogens (primary N) is 1. The van der Waals surface area contributed by atoms with Crippen LogP contribution in [0.2, 0.25) is 0 Å². The second-order valence-electron chi connectivity index (χ2n) is 4.22. The average molecular weight is 340 g/mol. The molecule has 0 saturated heterocycles. The molecule has 96 valence electrons. The summed E-state index contributed by atoms with van der Waals surface area (Å²) < 4.78 is 1.07. The minimum Gasteiger partial charge on any atom is -0.351 e. The van der Waals surface area contributed by atoms with Crippen LogP contribution in [0.25, 0.3) is 0 Å². The highest BCUT2D eigenvalue weighted by Crippen LogP contribution is 2.24. The summed E-state index contributed by atoms with van der Waals surface area (Å²) in [6, 6.07) is 2.25. The summed E-state index contributed by atoms with van der Waals surface area (Å²) in [5, 5.41) is 4.99. The Morgan fingerprint density at radius 3 is 2.88 bits per heavy atom. The van der Waals surface area contributed by atoms with Gasteiger partial charge in [-0.15, -0.1) is 23.7 Å². The van der Waals surface area contributed by atoms with Gasteiger partial charge in [0.2, 0.25) is 5.91 Å². The number of rotatable bonds is 3. The predicted octanol–water partition coefficient (Wildman–Crippen LogP) is 2.68. The van der Waals surface area contributed by atoms with Crippen molar-refractivity contribution < 1.29 is 4.79 Å². The van der Waals surface area contributed by atoms with E-state index in [1.54, 1.807) is 11.3 Å². The summed E-state index contributed by atoms with van der Waals surface area (Å²) >= 11 is 5.04. The fourth-order valence-electron chi connectivity index (χ4n) is 2.02. The van der Waals surface area contributed by atoms with Crippen molar-refractivity contribution in [3.63, 3.8) is 0 Å². The lowest BCUT2D eigenvalue weighted by Crippen LogP contribution is -2.29. The molecule has 2 atom stereocenters. The smallest absolute Gasteiger partial charge is 0.223 e. The van der Waals surface area contributed by atoms with E-state index in [0.717, 1.165) is 23.7 Å². The molecule has 2 rings (SSSR count). The van der Waals surface area contributed by atoms with Gasteiger partial charge in [-0.2, -0.15) is 0 Å². The molecule has 0 bridgehead atoms. The highest BCUT2D eigenvalue weighted by Gasteiger charge is 2.27. The number of nitrogens with one attached hydrogen (secondary N) is 1. The Bertz CT molecular complexity index is 385. The van der Waals surface area contributed by atoms with Crippen molar-refractivity contribution >= 4 is 45.6 Å². The SMILES string of the molecule is Cl.NC1CCC(C(=O)NCc2cc(Br)cs2)C1. The fourth-order valence-corrected chi connectivity index (χ4v) is 3.41. The van der Waals surface area contributed by atoms with Crippen LogP contribution < -0.4 is 11.1 Å². The van der Waals surface area contributed by atoms with E-state index in [0.29, 0.717) is 6.54 Å². The Morgan fingerprint density at radius 1 is 1.59 bits per heavy atom. The Hall–Kier alpha value is -0.100. The number of carbonyl (C=O) groups excluding carboxylic acids is 1. The largest absolute Gasteiger partial charge is 0.351 e. The van der Waals surface area contributed by atoms with Crippen LogP contribution in [0.3, 0.4) is 0 Å². The molecule has 1 saturated carbocycles. The molecule has 1 aromatic heterocycles. The van der Waals surface area contributed by atoms with Gasteiger partial charge in [0, 0.05) is 26.7 Å². The Kier molecular flexibility index (Phi) is 5.92. The summed E-state index contributed by atoms with van der Waals surface area (Å²) in [7, 11) is 0. The average Bonchev–Trinajstić information content (AvgIpc) is 2.84. The van der Waals surface area contributed by atoms with Gasteiger partial charge >= 0.3 is 0 Å². The maximum Gasteiger partial charge on any atom is 0.223 e. The molecule has 2 unspecified atom stereocenters. The third-order valence-electron chi connectivity index (χ3n) is 2.90. The standard InChI is InChI=1S/C11H15BrN2OS.ClH/c12-8-4-10(16-6-8)5-14-11(15)7-1-2-9(13)3-7;/h4,6-7,9H,1-3,5,13H2,(H,14,15);1H. The molecule has 0 radical (unpaired) electrons. The first-order valence-corrected chi connectivity index (χ1v) is 7.08. The third kappa shape index (κ3) is 4.25. The number of carbonyl (C=O) groups is 1. The summed E-state index contributed by atoms with van der Waals surface area (Å²) in [5.74, 6) is 0.274. The molecule has 3 nitrogen and oxygen atoms in total. The normalized spacial score (nSPS) is 23.2. The number of thiophene rings is 1. The number of amides is 1. The lowest BCUT2D eigenvalue weighted by molar-refractivity contribution is -0.124. The fraction of sp³-hybridized carbons (Fsp3) is 0.545. The van der Waals surface area contributed by atoms with Crippen LogP contribution in [0.4, 0.5) is 0 Å². The molecular weight excluding hydrogens is 324 g/mol. The molecule has 1 fully saturated rings. The van der Waals surface area contributed by atoms with Crippen molar-refractivity contribution in [2.75, 3.05) is 0 Å². The first kappa shape index (κ1) is 15.0. The molecule has 0 aliphatic heterocycles. The monoisotopic (exact) mass is 338 g/mol. The van der Waals surface area contributed by atoms with Gasteiger partial charge in [0.25, 0.3) is 0 Å². The topological polar surface area (TPSA) is 55.1 Å². The van der Waals surface area contributed by atoms with E-state index in [9.17, 15) is 4.79 Å². The zero-order valence-electron chi connectivity index (χ0n) is 9.32. The van der Waals surface area contributed by atoms with E-state index in [2.05, 4.69) is 21.2 Å². The van der Waals surface area contributed by atoms with Gasteiger partial charge in [-0.3, -0.25) is 4.79 Å². The summed E-state index contributed by atoms with van der Waals surface area (Å²) in [4.78, 5) is 13.0. The van der Waals surface area contributed by atoms with Gasteiger partial charge in [-0.25, -0.2) is 0 Å². The molecule has 6 heteroatoms. The van der Waals surface area contributed by atoms with Crippen LogP contribution in [0.15, 0.2) is 15.9 Å². The minimum atomic E-state index is 0. The molecule has 1 aliphatic rings. The molecule has 17 heavy (non-hydrogen) atoms. The first-order chi connectivity index (χ1) is 7.65. The lowest BCUT2D eigenvalue weighted by atomic mass is 10.1. The van der Waals surface area contributed by atoms with E-state index < -0.39 is 0 Å². The van der Waals surface area contributed by atoms with Crippen LogP contribution in [-0.4, -0.2) is 11.9 Å². The maximum atomic E-state index is 11.8. The quantitative estimate of drug-likeness (QED) is 0.889. The maximum absolute atomic E-state index is 11.8. The van der Waals surface area contributed by atoms with Gasteiger partial charge in [0.05, 0.1) is 6.54 Å². The van der Waals surface area contributed by atoms with Gasteiger partial charge in [-0.05, 0) is 41.3 Å². The second kappa shape index (κ2) is 6.73. The van der Waals surface area contributed by atoms with E-state index >= 15 is 0 Å². The molecule has 1 amide bonds. The highest BCUT2D eigenvalue weighted by molar-refractivity contribution is 9.10. The molecule has 1 aliphatic carbocycles. The molecule has 0 aromatic carbocycles. The number of halogens is 2. The molecule has 3 N–H and O–H groups in total. The molecule has 1 heterocycles. The van der Waals surface area contributed by atoms with Gasteiger partial charge in [0.15, 0.2) is 0 Å². The lowest BCUT2D eigenvalue weighted by Gasteiger charge is -2.09. The Labute approximate surface area is 120 Å². The van der Waals surface area contributed by atoms with E-state index in [4.69, 9.17) is 5.73 Å². The minimum absolute atomic E-state index is 0. The van der Waals surface area contributed by atoms with Crippen LogP contribution in [-0.2, 0) is 11.3 Å². The van der Waals surface area contributed by atoms with Crippen LogP contribution in [0, 0.1) is 5.92 Å². The van der Waals surface area contributed by atoms with Crippen molar-refractivity contribution in [3.05, 3.63) is 20.8 Å². The van der Waals surface area contributed by atoms with Crippen molar-refractivity contribution in [1.29, 1.82) is 0 Å². The molecular formula is C11H16BrClN2OS. The zero-order chi connectivity index (χ0) is 11.5.